The maximum Gasteiger partial charge on any atom is 0.255 e. The van der Waals surface area contributed by atoms with Crippen molar-refractivity contribution in [3.05, 3.63) is 29.3 Å². The van der Waals surface area contributed by atoms with Gasteiger partial charge < -0.3 is 9.64 Å². The van der Waals surface area contributed by atoms with Gasteiger partial charge in [0.15, 0.2) is 0 Å². The van der Waals surface area contributed by atoms with E-state index in [1.165, 1.54) is 0 Å². The third kappa shape index (κ3) is 3.51. The summed E-state index contributed by atoms with van der Waals surface area (Å²) in [4.78, 5) is 40.3. The van der Waals surface area contributed by atoms with Crippen molar-refractivity contribution in [3.63, 3.8) is 0 Å². The summed E-state index contributed by atoms with van der Waals surface area (Å²) < 4.78 is 6.28. The van der Waals surface area contributed by atoms with Gasteiger partial charge in [0.25, 0.3) is 5.91 Å². The predicted molar refractivity (Wildman–Crippen MR) is 103 cm³/mol. The highest BCUT2D eigenvalue weighted by Gasteiger charge is 2.39. The minimum absolute atomic E-state index is 0.134. The fourth-order valence-electron chi connectivity index (χ4n) is 4.34. The predicted octanol–water partition coefficient (Wildman–Crippen LogP) is 1.56. The molecular weight excluding hydrogens is 358 g/mol. The van der Waals surface area contributed by atoms with Gasteiger partial charge in [0.1, 0.15) is 17.9 Å². The first-order valence-corrected chi connectivity index (χ1v) is 10.1. The number of hydrogen-bond acceptors (Lipinski definition) is 5. The summed E-state index contributed by atoms with van der Waals surface area (Å²) in [5.74, 6) is 0.441. The number of likely N-dealkylation sites (tertiary alicyclic amines) is 1. The largest absolute Gasteiger partial charge is 0.489 e. The number of carbonyl (C=O) groups is 3. The molecule has 0 aliphatic carbocycles. The van der Waals surface area contributed by atoms with Crippen LogP contribution in [0.5, 0.6) is 5.75 Å². The van der Waals surface area contributed by atoms with Crippen LogP contribution in [0.3, 0.4) is 0 Å². The molecule has 7 heteroatoms. The van der Waals surface area contributed by atoms with Crippen molar-refractivity contribution in [2.24, 2.45) is 5.92 Å². The van der Waals surface area contributed by atoms with Gasteiger partial charge in [0.2, 0.25) is 11.8 Å². The van der Waals surface area contributed by atoms with E-state index in [-0.39, 0.29) is 30.2 Å². The SMILES string of the molecule is CCN1CC[C@H](C)[C@H](Oc2ccc3c(c2)CN(C2CCC(=O)NC2=O)C3=O)C1. The van der Waals surface area contributed by atoms with Crippen LogP contribution in [0, 0.1) is 5.92 Å². The monoisotopic (exact) mass is 385 g/mol. The number of hydrogen-bond donors (Lipinski definition) is 1. The number of imide groups is 1. The number of rotatable bonds is 4. The molecule has 2 fully saturated rings. The third-order valence-electron chi connectivity index (χ3n) is 6.20. The van der Waals surface area contributed by atoms with Gasteiger partial charge >= 0.3 is 0 Å². The normalized spacial score (nSPS) is 28.3. The number of amides is 3. The number of carbonyl (C=O) groups excluding carboxylic acids is 3. The summed E-state index contributed by atoms with van der Waals surface area (Å²) in [6.45, 7) is 7.80. The van der Waals surface area contributed by atoms with Crippen molar-refractivity contribution < 1.29 is 19.1 Å². The average Bonchev–Trinajstić information content (AvgIpc) is 2.99. The maximum absolute atomic E-state index is 12.8. The first-order valence-electron chi connectivity index (χ1n) is 10.1. The molecule has 3 atom stereocenters. The van der Waals surface area contributed by atoms with Gasteiger partial charge in [-0.1, -0.05) is 13.8 Å². The Morgan fingerprint density at radius 2 is 2.04 bits per heavy atom. The molecule has 0 spiro atoms. The Balaban J connectivity index is 1.48. The molecule has 28 heavy (non-hydrogen) atoms. The lowest BCUT2D eigenvalue weighted by Gasteiger charge is -2.36. The van der Waals surface area contributed by atoms with E-state index in [4.69, 9.17) is 4.74 Å². The van der Waals surface area contributed by atoms with Gasteiger partial charge in [-0.05, 0) is 55.6 Å². The fourth-order valence-corrected chi connectivity index (χ4v) is 4.34. The first-order chi connectivity index (χ1) is 13.5. The molecule has 150 valence electrons. The number of fused-ring (bicyclic) bond motifs is 1. The van der Waals surface area contributed by atoms with Gasteiger partial charge in [-0.25, -0.2) is 0 Å². The van der Waals surface area contributed by atoms with Crippen LogP contribution >= 0.6 is 0 Å². The summed E-state index contributed by atoms with van der Waals surface area (Å²) in [7, 11) is 0. The fraction of sp³-hybridized carbons (Fsp3) is 0.571. The van der Waals surface area contributed by atoms with Crippen molar-refractivity contribution in [2.45, 2.75) is 51.8 Å². The van der Waals surface area contributed by atoms with Gasteiger partial charge in [-0.15, -0.1) is 0 Å². The molecule has 2 saturated heterocycles. The minimum atomic E-state index is -0.585. The quantitative estimate of drug-likeness (QED) is 0.796. The van der Waals surface area contributed by atoms with Crippen LogP contribution in [0.1, 0.15) is 49.0 Å². The van der Waals surface area contributed by atoms with E-state index in [1.807, 2.05) is 12.1 Å². The molecular formula is C21H27N3O4. The number of nitrogens with zero attached hydrogens (tertiary/aromatic N) is 2. The van der Waals surface area contributed by atoms with Crippen molar-refractivity contribution in [2.75, 3.05) is 19.6 Å². The van der Waals surface area contributed by atoms with Crippen LogP contribution in [0.25, 0.3) is 0 Å². The van der Waals surface area contributed by atoms with Gasteiger partial charge in [-0.3, -0.25) is 24.6 Å². The molecule has 3 aliphatic heterocycles. The topological polar surface area (TPSA) is 79.0 Å². The average molecular weight is 385 g/mol. The van der Waals surface area contributed by atoms with E-state index in [2.05, 4.69) is 24.1 Å². The zero-order valence-corrected chi connectivity index (χ0v) is 16.4. The highest BCUT2D eigenvalue weighted by molar-refractivity contribution is 6.05. The van der Waals surface area contributed by atoms with Crippen molar-refractivity contribution in [3.8, 4) is 5.75 Å². The van der Waals surface area contributed by atoms with Crippen LogP contribution in [0.2, 0.25) is 0 Å². The number of piperidine rings is 2. The third-order valence-corrected chi connectivity index (χ3v) is 6.20. The molecule has 3 amide bonds. The van der Waals surface area contributed by atoms with Crippen LogP contribution in [-0.4, -0.2) is 59.3 Å². The Labute approximate surface area is 165 Å². The van der Waals surface area contributed by atoms with E-state index in [0.29, 0.717) is 24.4 Å². The number of ether oxygens (including phenoxy) is 1. The summed E-state index contributed by atoms with van der Waals surface area (Å²) >= 11 is 0. The van der Waals surface area contributed by atoms with Gasteiger partial charge in [-0.2, -0.15) is 0 Å². The smallest absolute Gasteiger partial charge is 0.255 e. The van der Waals surface area contributed by atoms with Crippen LogP contribution in [0.15, 0.2) is 18.2 Å². The molecule has 0 bridgehead atoms. The second-order valence-electron chi connectivity index (χ2n) is 8.03. The summed E-state index contributed by atoms with van der Waals surface area (Å²) in [6.07, 6.45) is 1.89. The van der Waals surface area contributed by atoms with E-state index < -0.39 is 6.04 Å². The molecule has 1 aromatic carbocycles. The Morgan fingerprint density at radius 3 is 2.79 bits per heavy atom. The van der Waals surface area contributed by atoms with Gasteiger partial charge in [0.05, 0.1) is 0 Å². The van der Waals surface area contributed by atoms with Crippen LogP contribution in [0.4, 0.5) is 0 Å². The molecule has 0 saturated carbocycles. The Kier molecular flexibility index (Phi) is 5.10. The van der Waals surface area contributed by atoms with E-state index in [1.54, 1.807) is 11.0 Å². The van der Waals surface area contributed by atoms with Crippen molar-refractivity contribution in [1.82, 2.24) is 15.1 Å². The molecule has 4 rings (SSSR count). The van der Waals surface area contributed by atoms with Crippen molar-refractivity contribution >= 4 is 17.7 Å². The molecule has 1 aromatic rings. The number of benzene rings is 1. The second-order valence-corrected chi connectivity index (χ2v) is 8.03. The van der Waals surface area contributed by atoms with Crippen LogP contribution in [-0.2, 0) is 16.1 Å². The second kappa shape index (κ2) is 7.54. The first kappa shape index (κ1) is 18.9. The van der Waals surface area contributed by atoms with Gasteiger partial charge in [0, 0.05) is 25.1 Å². The van der Waals surface area contributed by atoms with Crippen molar-refractivity contribution in [1.29, 1.82) is 0 Å². The standard InChI is InChI=1S/C21H27N3O4/c1-3-23-9-8-13(2)18(12-23)28-15-4-5-16-14(10-15)11-24(21(16)27)17-6-7-19(25)22-20(17)26/h4-5,10,13,17-18H,3,6-9,11-12H2,1-2H3,(H,22,25,26)/t13-,17?,18+/m0/s1. The van der Waals surface area contributed by atoms with E-state index in [0.717, 1.165) is 37.4 Å². The Hall–Kier alpha value is -2.41. The zero-order chi connectivity index (χ0) is 19.8. The lowest BCUT2D eigenvalue weighted by Crippen LogP contribution is -2.52. The lowest BCUT2D eigenvalue weighted by molar-refractivity contribution is -0.136. The Bertz CT molecular complexity index is 809. The zero-order valence-electron chi connectivity index (χ0n) is 16.4. The lowest BCUT2D eigenvalue weighted by atomic mass is 9.96. The number of nitrogens with one attached hydrogen (secondary N) is 1. The molecule has 1 N–H and O–H groups in total. The molecule has 3 heterocycles. The number of likely N-dealkylation sites (N-methyl/N-ethyl adjacent to an activating group) is 1. The van der Waals surface area contributed by atoms with E-state index in [9.17, 15) is 14.4 Å². The maximum atomic E-state index is 12.8. The molecule has 0 radical (unpaired) electrons. The molecule has 1 unspecified atom stereocenters. The highest BCUT2D eigenvalue weighted by atomic mass is 16.5. The molecule has 7 nitrogen and oxygen atoms in total. The Morgan fingerprint density at radius 1 is 1.21 bits per heavy atom. The minimum Gasteiger partial charge on any atom is -0.489 e. The summed E-state index contributed by atoms with van der Waals surface area (Å²) in [5, 5.41) is 2.33. The highest BCUT2D eigenvalue weighted by Crippen LogP contribution is 2.31. The summed E-state index contributed by atoms with van der Waals surface area (Å²) in [5.41, 5.74) is 1.49. The molecule has 3 aliphatic rings. The van der Waals surface area contributed by atoms with Crippen LogP contribution < -0.4 is 10.1 Å². The molecule has 0 aromatic heterocycles. The van der Waals surface area contributed by atoms with E-state index >= 15 is 0 Å². The summed E-state index contributed by atoms with van der Waals surface area (Å²) in [6, 6.07) is 4.99.